The number of sulfonamides is 1. The molecule has 2 aromatic carbocycles. The number of hydrogen-bond acceptors (Lipinski definition) is 6. The van der Waals surface area contributed by atoms with Gasteiger partial charge in [0.25, 0.3) is 0 Å². The van der Waals surface area contributed by atoms with Crippen LogP contribution in [0.15, 0.2) is 65.1 Å². The molecule has 1 spiro atoms. The lowest BCUT2D eigenvalue weighted by Crippen LogP contribution is -2.56. The van der Waals surface area contributed by atoms with Gasteiger partial charge in [-0.1, -0.05) is 56.3 Å². The number of aryl methyl sites for hydroxylation is 1. The maximum atomic E-state index is 13.3. The van der Waals surface area contributed by atoms with Gasteiger partial charge < -0.3 is 9.15 Å². The molecule has 1 aliphatic heterocycles. The molecule has 1 amide bonds. The van der Waals surface area contributed by atoms with E-state index in [9.17, 15) is 13.2 Å². The molecule has 2 bridgehead atoms. The van der Waals surface area contributed by atoms with Crippen LogP contribution in [0.4, 0.5) is 0 Å². The van der Waals surface area contributed by atoms with E-state index in [2.05, 4.69) is 18.8 Å². The van der Waals surface area contributed by atoms with Gasteiger partial charge in [0.2, 0.25) is 21.8 Å². The van der Waals surface area contributed by atoms with Crippen LogP contribution < -0.4 is 4.74 Å². The van der Waals surface area contributed by atoms with Gasteiger partial charge in [-0.15, -0.1) is 0 Å². The third kappa shape index (κ3) is 5.34. The molecule has 0 radical (unpaired) electrons. The van der Waals surface area contributed by atoms with Crippen molar-refractivity contribution in [1.82, 2.24) is 9.29 Å². The summed E-state index contributed by atoms with van der Waals surface area (Å²) in [5.41, 5.74) is 2.55. The number of benzene rings is 2. The molecular formula is C33H38N2O5S. The van der Waals surface area contributed by atoms with E-state index in [1.165, 1.54) is 4.31 Å². The van der Waals surface area contributed by atoms with Crippen LogP contribution in [-0.4, -0.2) is 42.0 Å². The van der Waals surface area contributed by atoms with Crippen LogP contribution in [0.3, 0.4) is 0 Å². The Kier molecular flexibility index (Phi) is 7.09. The maximum absolute atomic E-state index is 13.3. The van der Waals surface area contributed by atoms with E-state index in [-0.39, 0.29) is 35.0 Å². The number of hydrogen-bond donors (Lipinski definition) is 0. The molecule has 41 heavy (non-hydrogen) atoms. The topological polar surface area (TPSA) is 89.7 Å². The highest BCUT2D eigenvalue weighted by Gasteiger charge is 2.64. The smallest absolute Gasteiger partial charge is 0.240 e. The average molecular weight is 575 g/mol. The lowest BCUT2D eigenvalue weighted by atomic mass is 9.49. The Hall–Kier alpha value is -3.39. The Morgan fingerprint density at radius 3 is 2.76 bits per heavy atom. The van der Waals surface area contributed by atoms with Crippen LogP contribution >= 0.6 is 0 Å². The van der Waals surface area contributed by atoms with E-state index in [0.717, 1.165) is 48.3 Å². The number of amides is 1. The second-order valence-corrected chi connectivity index (χ2v) is 14.5. The quantitative estimate of drug-likeness (QED) is 0.308. The third-order valence-corrected chi connectivity index (χ3v) is 11.4. The first-order valence-corrected chi connectivity index (χ1v) is 16.1. The number of fused-ring (bicyclic) bond motifs is 2. The standard InChI is InChI=1S/C33H38N2O5S/c1-23-28(34-31(40-23)25-11-5-4-6-12-25)16-18-39-27-13-7-9-24(19-27)10-8-14-30(36)35-29-20-26-15-17-33(29,21-32(26,2)3)22-41(35,37)38/h4-13,19,26,29H,14-18,20-22H2,1-3H3/t26?,29-,33-/m1/s1. The van der Waals surface area contributed by atoms with Gasteiger partial charge >= 0.3 is 0 Å². The van der Waals surface area contributed by atoms with E-state index in [0.29, 0.717) is 30.6 Å². The maximum Gasteiger partial charge on any atom is 0.240 e. The molecule has 3 atom stereocenters. The SMILES string of the molecule is Cc1oc(-c2ccccc2)nc1CCOc1cccc(C=CCC(=O)N2[C@@H]3CC4CC[C@@]3(CC4(C)C)CS2(=O)=O)c1. The van der Waals surface area contributed by atoms with Crippen LogP contribution in [0.5, 0.6) is 5.75 Å². The zero-order valence-corrected chi connectivity index (χ0v) is 24.8. The van der Waals surface area contributed by atoms with Crippen LogP contribution in [0.25, 0.3) is 17.5 Å². The minimum atomic E-state index is -3.60. The van der Waals surface area contributed by atoms with E-state index in [1.54, 1.807) is 6.08 Å². The Morgan fingerprint density at radius 1 is 1.17 bits per heavy atom. The van der Waals surface area contributed by atoms with E-state index in [1.807, 2.05) is 67.6 Å². The minimum Gasteiger partial charge on any atom is -0.493 e. The van der Waals surface area contributed by atoms with Crippen LogP contribution in [0.2, 0.25) is 0 Å². The summed E-state index contributed by atoms with van der Waals surface area (Å²) in [7, 11) is -3.60. The molecule has 216 valence electrons. The van der Waals surface area contributed by atoms with Crippen LogP contribution in [0.1, 0.15) is 63.0 Å². The average Bonchev–Trinajstić information content (AvgIpc) is 3.41. The summed E-state index contributed by atoms with van der Waals surface area (Å²) in [5.74, 6) is 2.36. The zero-order valence-electron chi connectivity index (χ0n) is 24.0. The van der Waals surface area contributed by atoms with Crippen molar-refractivity contribution < 1.29 is 22.4 Å². The van der Waals surface area contributed by atoms with Gasteiger partial charge in [0.15, 0.2) is 0 Å². The van der Waals surface area contributed by atoms with Gasteiger partial charge in [-0.05, 0) is 73.8 Å². The molecule has 1 unspecified atom stereocenters. The van der Waals surface area contributed by atoms with Crippen molar-refractivity contribution in [2.45, 2.75) is 65.3 Å². The van der Waals surface area contributed by atoms with Crippen LogP contribution in [0, 0.1) is 23.7 Å². The summed E-state index contributed by atoms with van der Waals surface area (Å²) >= 11 is 0. The second-order valence-electron chi connectivity index (χ2n) is 12.6. The van der Waals surface area contributed by atoms with Crippen molar-refractivity contribution in [3.05, 3.63) is 77.7 Å². The highest BCUT2D eigenvalue weighted by molar-refractivity contribution is 7.90. The van der Waals surface area contributed by atoms with Crippen molar-refractivity contribution >= 4 is 22.0 Å². The summed E-state index contributed by atoms with van der Waals surface area (Å²) < 4.78 is 39.5. The molecule has 4 fully saturated rings. The molecule has 1 aromatic heterocycles. The summed E-state index contributed by atoms with van der Waals surface area (Å²) in [4.78, 5) is 17.9. The Bertz CT molecular complexity index is 1580. The van der Waals surface area contributed by atoms with Gasteiger partial charge in [-0.2, -0.15) is 0 Å². The number of carbonyl (C=O) groups excluding carboxylic acids is 1. The molecule has 3 aromatic rings. The summed E-state index contributed by atoms with van der Waals surface area (Å²) in [6.07, 6.45) is 7.92. The number of oxazole rings is 1. The number of nitrogens with zero attached hydrogens (tertiary/aromatic N) is 2. The number of carbonyl (C=O) groups is 1. The van der Waals surface area contributed by atoms with Gasteiger partial charge in [-0.3, -0.25) is 4.79 Å². The first-order valence-electron chi connectivity index (χ1n) is 14.5. The highest BCUT2D eigenvalue weighted by atomic mass is 32.2. The normalized spacial score (nSPS) is 25.9. The molecule has 0 N–H and O–H groups in total. The molecule has 3 aliphatic carbocycles. The number of rotatable bonds is 8. The lowest BCUT2D eigenvalue weighted by molar-refractivity contribution is -0.133. The van der Waals surface area contributed by atoms with Crippen molar-refractivity contribution in [3.8, 4) is 17.2 Å². The molecule has 8 heteroatoms. The predicted molar refractivity (Wildman–Crippen MR) is 159 cm³/mol. The van der Waals surface area contributed by atoms with Crippen molar-refractivity contribution in [3.63, 3.8) is 0 Å². The number of ether oxygens (including phenoxy) is 1. The minimum absolute atomic E-state index is 0.0557. The van der Waals surface area contributed by atoms with Crippen molar-refractivity contribution in [2.75, 3.05) is 12.4 Å². The third-order valence-electron chi connectivity index (χ3n) is 9.40. The fourth-order valence-electron chi connectivity index (χ4n) is 7.48. The Balaban J connectivity index is 1.05. The Labute approximate surface area is 242 Å². The predicted octanol–water partition coefficient (Wildman–Crippen LogP) is 6.43. The highest BCUT2D eigenvalue weighted by Crippen LogP contribution is 2.63. The van der Waals surface area contributed by atoms with E-state index < -0.39 is 10.0 Å². The Morgan fingerprint density at radius 2 is 1.98 bits per heavy atom. The van der Waals surface area contributed by atoms with E-state index >= 15 is 0 Å². The summed E-state index contributed by atoms with van der Waals surface area (Å²) in [5, 5.41) is 0. The fourth-order valence-corrected chi connectivity index (χ4v) is 9.86. The largest absolute Gasteiger partial charge is 0.493 e. The molecule has 1 saturated heterocycles. The fraction of sp³-hybridized carbons (Fsp3) is 0.455. The lowest BCUT2D eigenvalue weighted by Gasteiger charge is -2.56. The molecular weight excluding hydrogens is 536 g/mol. The second kappa shape index (κ2) is 10.5. The van der Waals surface area contributed by atoms with E-state index in [4.69, 9.17) is 9.15 Å². The van der Waals surface area contributed by atoms with Gasteiger partial charge in [0.1, 0.15) is 11.5 Å². The summed E-state index contributed by atoms with van der Waals surface area (Å²) in [6, 6.07) is 17.3. The molecule has 7 rings (SSSR count). The van der Waals surface area contributed by atoms with Gasteiger partial charge in [0.05, 0.1) is 24.1 Å². The first-order chi connectivity index (χ1) is 19.6. The van der Waals surface area contributed by atoms with Gasteiger partial charge in [0, 0.05) is 23.8 Å². The van der Waals surface area contributed by atoms with Crippen molar-refractivity contribution in [2.24, 2.45) is 16.7 Å². The van der Waals surface area contributed by atoms with Crippen LogP contribution in [-0.2, 0) is 21.2 Å². The molecule has 7 nitrogen and oxygen atoms in total. The molecule has 3 saturated carbocycles. The van der Waals surface area contributed by atoms with Crippen molar-refractivity contribution in [1.29, 1.82) is 0 Å². The van der Waals surface area contributed by atoms with Gasteiger partial charge in [-0.25, -0.2) is 17.7 Å². The first kappa shape index (κ1) is 27.8. The molecule has 2 heterocycles. The molecule has 4 aliphatic rings. The number of aromatic nitrogens is 1. The summed E-state index contributed by atoms with van der Waals surface area (Å²) in [6.45, 7) is 6.86. The zero-order chi connectivity index (χ0) is 28.8. The monoisotopic (exact) mass is 574 g/mol.